The summed E-state index contributed by atoms with van der Waals surface area (Å²) in [6.07, 6.45) is 4.25. The summed E-state index contributed by atoms with van der Waals surface area (Å²) in [5.41, 5.74) is 5.96. The summed E-state index contributed by atoms with van der Waals surface area (Å²) in [7, 11) is 2.06. The smallest absolute Gasteiger partial charge is 0.0563 e. The molecule has 0 aliphatic carbocycles. The van der Waals surface area contributed by atoms with Gasteiger partial charge in [-0.3, -0.25) is 0 Å². The van der Waals surface area contributed by atoms with E-state index >= 15 is 0 Å². The van der Waals surface area contributed by atoms with Crippen LogP contribution < -0.4 is 0 Å². The Balaban J connectivity index is 2.23. The second kappa shape index (κ2) is 7.19. The number of halogens is 1. The Morgan fingerprint density at radius 1 is 0.917 bits per heavy atom. The Hall–Kier alpha value is -1.46. The van der Waals surface area contributed by atoms with E-state index in [1.807, 2.05) is 0 Å². The Labute approximate surface area is 162 Å². The SMILES string of the molecule is CC(C)c1cccc(-c2cn(C)cc(-c3ccccc3I)c2=S)c1. The van der Waals surface area contributed by atoms with Gasteiger partial charge in [-0.2, -0.15) is 0 Å². The first-order chi connectivity index (χ1) is 11.5. The predicted molar refractivity (Wildman–Crippen MR) is 114 cm³/mol. The normalized spacial score (nSPS) is 11.0. The molecular formula is C21H20INS. The minimum Gasteiger partial charge on any atom is -0.356 e. The number of hydrogen-bond donors (Lipinski definition) is 0. The summed E-state index contributed by atoms with van der Waals surface area (Å²) < 4.78 is 4.23. The maximum absolute atomic E-state index is 5.87. The monoisotopic (exact) mass is 445 g/mol. The fraction of sp³-hybridized carbons (Fsp3) is 0.190. The summed E-state index contributed by atoms with van der Waals surface area (Å²) in [5, 5.41) is 0. The number of hydrogen-bond acceptors (Lipinski definition) is 1. The predicted octanol–water partition coefficient (Wildman–Crippen LogP) is 6.82. The van der Waals surface area contributed by atoms with Crippen LogP contribution in [0.3, 0.4) is 0 Å². The van der Waals surface area contributed by atoms with Crippen molar-refractivity contribution in [3.05, 3.63) is 74.6 Å². The van der Waals surface area contributed by atoms with Crippen LogP contribution in [0.4, 0.5) is 0 Å². The fourth-order valence-corrected chi connectivity index (χ4v) is 3.86. The molecule has 0 N–H and O–H groups in total. The third-order valence-corrected chi connectivity index (χ3v) is 5.56. The molecule has 122 valence electrons. The molecule has 0 aliphatic rings. The minimum atomic E-state index is 0.505. The molecule has 0 bridgehead atoms. The number of pyridine rings is 1. The van der Waals surface area contributed by atoms with E-state index in [9.17, 15) is 0 Å². The van der Waals surface area contributed by atoms with E-state index in [2.05, 4.69) is 109 Å². The van der Waals surface area contributed by atoms with Gasteiger partial charge in [0.1, 0.15) is 0 Å². The molecule has 1 heterocycles. The molecule has 0 radical (unpaired) electrons. The van der Waals surface area contributed by atoms with Gasteiger partial charge in [0.2, 0.25) is 0 Å². The zero-order valence-electron chi connectivity index (χ0n) is 14.1. The molecule has 0 amide bonds. The van der Waals surface area contributed by atoms with E-state index in [1.165, 1.54) is 20.3 Å². The van der Waals surface area contributed by atoms with E-state index in [1.54, 1.807) is 0 Å². The first-order valence-electron chi connectivity index (χ1n) is 8.03. The van der Waals surface area contributed by atoms with E-state index < -0.39 is 0 Å². The van der Waals surface area contributed by atoms with Crippen molar-refractivity contribution in [2.45, 2.75) is 19.8 Å². The lowest BCUT2D eigenvalue weighted by atomic mass is 9.96. The maximum Gasteiger partial charge on any atom is 0.0563 e. The third-order valence-electron chi connectivity index (χ3n) is 4.18. The van der Waals surface area contributed by atoms with Crippen LogP contribution in [0.2, 0.25) is 0 Å². The number of nitrogens with zero attached hydrogens (tertiary/aromatic N) is 1. The van der Waals surface area contributed by atoms with Gasteiger partial charge >= 0.3 is 0 Å². The van der Waals surface area contributed by atoms with Crippen LogP contribution in [-0.2, 0) is 7.05 Å². The van der Waals surface area contributed by atoms with Crippen LogP contribution in [-0.4, -0.2) is 4.57 Å². The molecule has 3 rings (SSSR count). The molecule has 0 spiro atoms. The molecule has 24 heavy (non-hydrogen) atoms. The molecule has 0 atom stereocenters. The lowest BCUT2D eigenvalue weighted by Gasteiger charge is -2.13. The van der Waals surface area contributed by atoms with Crippen molar-refractivity contribution < 1.29 is 0 Å². The van der Waals surface area contributed by atoms with Crippen LogP contribution in [0, 0.1) is 8.08 Å². The molecule has 1 nitrogen and oxygen atoms in total. The molecule has 0 unspecified atom stereocenters. The molecule has 2 aromatic carbocycles. The summed E-state index contributed by atoms with van der Waals surface area (Å²) in [6, 6.07) is 17.1. The minimum absolute atomic E-state index is 0.505. The Bertz CT molecular complexity index is 941. The van der Waals surface area contributed by atoms with Crippen LogP contribution >= 0.6 is 34.8 Å². The van der Waals surface area contributed by atoms with Crippen molar-refractivity contribution in [1.82, 2.24) is 4.57 Å². The Morgan fingerprint density at radius 2 is 1.62 bits per heavy atom. The van der Waals surface area contributed by atoms with Crippen molar-refractivity contribution in [3.63, 3.8) is 0 Å². The Morgan fingerprint density at radius 3 is 2.33 bits per heavy atom. The van der Waals surface area contributed by atoms with Gasteiger partial charge in [0, 0.05) is 34.1 Å². The highest BCUT2D eigenvalue weighted by Gasteiger charge is 2.11. The van der Waals surface area contributed by atoms with Crippen molar-refractivity contribution in [2.75, 3.05) is 0 Å². The molecule has 0 aliphatic heterocycles. The highest BCUT2D eigenvalue weighted by molar-refractivity contribution is 14.1. The number of benzene rings is 2. The number of aryl methyl sites for hydroxylation is 1. The summed E-state index contributed by atoms with van der Waals surface area (Å²) in [4.78, 5) is 0. The standard InChI is InChI=1S/C21H20INS/c1-14(2)15-7-6-8-16(11-15)18-12-23(3)13-19(21(18)24)17-9-4-5-10-20(17)22/h4-14H,1-3H3. The van der Waals surface area contributed by atoms with E-state index in [0.717, 1.165) is 15.6 Å². The van der Waals surface area contributed by atoms with Crippen molar-refractivity contribution in [3.8, 4) is 22.3 Å². The van der Waals surface area contributed by atoms with Crippen LogP contribution in [0.25, 0.3) is 22.3 Å². The topological polar surface area (TPSA) is 4.93 Å². The van der Waals surface area contributed by atoms with E-state index in [-0.39, 0.29) is 0 Å². The Kier molecular flexibility index (Phi) is 5.21. The zero-order valence-corrected chi connectivity index (χ0v) is 17.1. The lowest BCUT2D eigenvalue weighted by molar-refractivity contribution is 0.866. The molecule has 3 aromatic rings. The van der Waals surface area contributed by atoms with Gasteiger partial charge in [-0.1, -0.05) is 68.5 Å². The highest BCUT2D eigenvalue weighted by atomic mass is 127. The van der Waals surface area contributed by atoms with Crippen molar-refractivity contribution in [2.24, 2.45) is 7.05 Å². The van der Waals surface area contributed by atoms with Crippen LogP contribution in [0.5, 0.6) is 0 Å². The fourth-order valence-electron chi connectivity index (χ4n) is 2.85. The second-order valence-electron chi connectivity index (χ2n) is 6.34. The summed E-state index contributed by atoms with van der Waals surface area (Å²) in [5.74, 6) is 0.505. The number of aromatic nitrogens is 1. The molecule has 3 heteroatoms. The zero-order chi connectivity index (χ0) is 17.3. The van der Waals surface area contributed by atoms with Crippen molar-refractivity contribution >= 4 is 34.8 Å². The van der Waals surface area contributed by atoms with Crippen LogP contribution in [0.15, 0.2) is 60.9 Å². The molecule has 0 saturated carbocycles. The first-order valence-corrected chi connectivity index (χ1v) is 9.51. The second-order valence-corrected chi connectivity index (χ2v) is 7.91. The van der Waals surface area contributed by atoms with Gasteiger partial charge in [0.05, 0.1) is 4.51 Å². The highest BCUT2D eigenvalue weighted by Crippen LogP contribution is 2.32. The van der Waals surface area contributed by atoms with E-state index in [0.29, 0.717) is 5.92 Å². The van der Waals surface area contributed by atoms with Crippen molar-refractivity contribution in [1.29, 1.82) is 0 Å². The van der Waals surface area contributed by atoms with Gasteiger partial charge < -0.3 is 4.57 Å². The largest absolute Gasteiger partial charge is 0.356 e. The van der Waals surface area contributed by atoms with Crippen LogP contribution in [0.1, 0.15) is 25.3 Å². The molecular weight excluding hydrogens is 425 g/mol. The summed E-state index contributed by atoms with van der Waals surface area (Å²) in [6.45, 7) is 4.44. The quantitative estimate of drug-likeness (QED) is 0.317. The van der Waals surface area contributed by atoms with Gasteiger partial charge in [-0.05, 0) is 51.3 Å². The number of rotatable bonds is 3. The first kappa shape index (κ1) is 17.4. The third kappa shape index (κ3) is 3.47. The average molecular weight is 445 g/mol. The van der Waals surface area contributed by atoms with Gasteiger partial charge in [-0.15, -0.1) is 0 Å². The average Bonchev–Trinajstić information content (AvgIpc) is 2.57. The van der Waals surface area contributed by atoms with Gasteiger partial charge in [0.15, 0.2) is 0 Å². The van der Waals surface area contributed by atoms with Gasteiger partial charge in [0.25, 0.3) is 0 Å². The van der Waals surface area contributed by atoms with Gasteiger partial charge in [-0.25, -0.2) is 0 Å². The molecule has 0 fully saturated rings. The lowest BCUT2D eigenvalue weighted by Crippen LogP contribution is -1.97. The van der Waals surface area contributed by atoms with E-state index in [4.69, 9.17) is 12.2 Å². The molecule has 1 aromatic heterocycles. The maximum atomic E-state index is 5.87. The summed E-state index contributed by atoms with van der Waals surface area (Å²) >= 11 is 8.24. The molecule has 0 saturated heterocycles.